The van der Waals surface area contributed by atoms with E-state index in [1.54, 1.807) is 13.8 Å². The van der Waals surface area contributed by atoms with Crippen LogP contribution in [0.4, 0.5) is 24.8 Å². The standard InChI is InChI=1S/C21H23ClF3N7O3S/c1-20(2,31-17(33)9-22)8-13-10-28-32(12-13)18-16(21(23,24)25)11-27-19(30-18)29-14-4-6-15(7-5-14)36(34,35)26-3/h4-7,10-12,26H,8-9H2,1-3H3,(H,31,33)(H,27,29,30). The number of nitrogens with one attached hydrogen (secondary N) is 3. The monoisotopic (exact) mass is 545 g/mol. The van der Waals surface area contributed by atoms with Crippen molar-refractivity contribution in [1.82, 2.24) is 29.8 Å². The predicted octanol–water partition coefficient (Wildman–Crippen LogP) is 3.01. The highest BCUT2D eigenvalue weighted by Gasteiger charge is 2.36. The Labute approximate surface area is 210 Å². The fraction of sp³-hybridized carbons (Fsp3) is 0.333. The van der Waals surface area contributed by atoms with E-state index in [4.69, 9.17) is 11.6 Å². The summed E-state index contributed by atoms with van der Waals surface area (Å²) in [5.41, 5.74) is -0.920. The Morgan fingerprint density at radius 1 is 1.14 bits per heavy atom. The van der Waals surface area contributed by atoms with Crippen LogP contribution in [0.1, 0.15) is 25.0 Å². The van der Waals surface area contributed by atoms with E-state index in [1.807, 2.05) is 0 Å². The molecule has 0 saturated heterocycles. The lowest BCUT2D eigenvalue weighted by molar-refractivity contribution is -0.138. The zero-order chi connectivity index (χ0) is 26.7. The van der Waals surface area contributed by atoms with Gasteiger partial charge in [-0.3, -0.25) is 4.79 Å². The third-order valence-electron chi connectivity index (χ3n) is 4.86. The first-order valence-electron chi connectivity index (χ1n) is 10.4. The molecule has 1 aromatic carbocycles. The molecular formula is C21H23ClF3N7O3S. The number of halogens is 4. The lowest BCUT2D eigenvalue weighted by Gasteiger charge is -2.25. The first kappa shape index (κ1) is 27.4. The highest BCUT2D eigenvalue weighted by Crippen LogP contribution is 2.33. The van der Waals surface area contributed by atoms with E-state index in [0.717, 1.165) is 4.68 Å². The van der Waals surface area contributed by atoms with Crippen LogP contribution in [0.15, 0.2) is 47.8 Å². The van der Waals surface area contributed by atoms with Crippen molar-refractivity contribution < 1.29 is 26.4 Å². The summed E-state index contributed by atoms with van der Waals surface area (Å²) in [7, 11) is -2.37. The number of carbonyl (C=O) groups excluding carboxylic acids is 1. The Bertz CT molecular complexity index is 1340. The summed E-state index contributed by atoms with van der Waals surface area (Å²) in [6.07, 6.45) is -1.08. The van der Waals surface area contributed by atoms with E-state index >= 15 is 0 Å². The van der Waals surface area contributed by atoms with E-state index in [2.05, 4.69) is 30.4 Å². The average Bonchev–Trinajstić information content (AvgIpc) is 3.25. The number of anilines is 2. The smallest absolute Gasteiger partial charge is 0.350 e. The number of hydrogen-bond acceptors (Lipinski definition) is 7. The van der Waals surface area contributed by atoms with Gasteiger partial charge in [-0.05, 0) is 57.1 Å². The summed E-state index contributed by atoms with van der Waals surface area (Å²) >= 11 is 5.53. The van der Waals surface area contributed by atoms with E-state index in [0.29, 0.717) is 17.4 Å². The molecule has 0 saturated carbocycles. The third-order valence-corrected chi connectivity index (χ3v) is 6.53. The van der Waals surface area contributed by atoms with Gasteiger partial charge in [0.15, 0.2) is 5.82 Å². The summed E-state index contributed by atoms with van der Waals surface area (Å²) < 4.78 is 67.9. The van der Waals surface area contributed by atoms with E-state index in [9.17, 15) is 26.4 Å². The number of aromatic nitrogens is 4. The molecule has 0 fully saturated rings. The van der Waals surface area contributed by atoms with Crippen molar-refractivity contribution >= 4 is 39.2 Å². The van der Waals surface area contributed by atoms with Crippen molar-refractivity contribution in [2.45, 2.75) is 36.9 Å². The number of rotatable bonds is 9. The summed E-state index contributed by atoms with van der Waals surface area (Å²) in [5, 5.41) is 9.51. The quantitative estimate of drug-likeness (QED) is 0.352. The minimum atomic E-state index is -4.75. The lowest BCUT2D eigenvalue weighted by atomic mass is 9.97. The van der Waals surface area contributed by atoms with Crippen LogP contribution in [0.5, 0.6) is 0 Å². The second kappa shape index (κ2) is 10.4. The van der Waals surface area contributed by atoms with Gasteiger partial charge in [0.2, 0.25) is 21.9 Å². The highest BCUT2D eigenvalue weighted by molar-refractivity contribution is 7.89. The van der Waals surface area contributed by atoms with Crippen LogP contribution in [-0.2, 0) is 27.4 Å². The molecule has 0 unspecified atom stereocenters. The van der Waals surface area contributed by atoms with Gasteiger partial charge in [0.25, 0.3) is 0 Å². The number of nitrogens with zero attached hydrogens (tertiary/aromatic N) is 4. The topological polar surface area (TPSA) is 131 Å². The largest absolute Gasteiger partial charge is 0.421 e. The molecule has 0 aliphatic heterocycles. The molecule has 0 bridgehead atoms. The van der Waals surface area contributed by atoms with Gasteiger partial charge in [-0.25, -0.2) is 22.8 Å². The van der Waals surface area contributed by atoms with Crippen molar-refractivity contribution in [3.05, 3.63) is 54.0 Å². The number of amides is 1. The maximum atomic E-state index is 13.7. The van der Waals surface area contributed by atoms with Crippen LogP contribution in [-0.4, -0.2) is 52.5 Å². The van der Waals surface area contributed by atoms with Crippen molar-refractivity contribution in [2.24, 2.45) is 0 Å². The molecule has 15 heteroatoms. The fourth-order valence-corrected chi connectivity index (χ4v) is 4.10. The van der Waals surface area contributed by atoms with Crippen molar-refractivity contribution in [3.63, 3.8) is 0 Å². The molecule has 2 aromatic heterocycles. The molecular weight excluding hydrogens is 523 g/mol. The molecule has 1 amide bonds. The third kappa shape index (κ3) is 6.71. The molecule has 0 atom stereocenters. The second-order valence-electron chi connectivity index (χ2n) is 8.32. The zero-order valence-corrected chi connectivity index (χ0v) is 21.0. The van der Waals surface area contributed by atoms with Crippen LogP contribution >= 0.6 is 11.6 Å². The van der Waals surface area contributed by atoms with E-state index < -0.39 is 33.1 Å². The molecule has 0 radical (unpaired) electrons. The Morgan fingerprint density at radius 2 is 1.81 bits per heavy atom. The van der Waals surface area contributed by atoms with Crippen LogP contribution in [0.3, 0.4) is 0 Å². The zero-order valence-electron chi connectivity index (χ0n) is 19.4. The second-order valence-corrected chi connectivity index (χ2v) is 10.5. The first-order valence-corrected chi connectivity index (χ1v) is 12.4. The van der Waals surface area contributed by atoms with Crippen LogP contribution in [0, 0.1) is 0 Å². The molecule has 2 heterocycles. The molecule has 194 valence electrons. The van der Waals surface area contributed by atoms with Crippen LogP contribution < -0.4 is 15.4 Å². The van der Waals surface area contributed by atoms with Crippen molar-refractivity contribution in [1.29, 1.82) is 0 Å². The van der Waals surface area contributed by atoms with Crippen LogP contribution in [0.2, 0.25) is 0 Å². The Kier molecular flexibility index (Phi) is 7.91. The molecule has 3 rings (SSSR count). The van der Waals surface area contributed by atoms with E-state index in [-0.39, 0.29) is 29.1 Å². The highest BCUT2D eigenvalue weighted by atomic mass is 35.5. The normalized spacial score (nSPS) is 12.4. The number of hydrogen-bond donors (Lipinski definition) is 3. The van der Waals surface area contributed by atoms with Crippen molar-refractivity contribution in [3.8, 4) is 5.82 Å². The van der Waals surface area contributed by atoms with Gasteiger partial charge in [-0.2, -0.15) is 23.3 Å². The molecule has 36 heavy (non-hydrogen) atoms. The summed E-state index contributed by atoms with van der Waals surface area (Å²) in [5.74, 6) is -1.27. The average molecular weight is 546 g/mol. The van der Waals surface area contributed by atoms with E-state index in [1.165, 1.54) is 43.7 Å². The van der Waals surface area contributed by atoms with Gasteiger partial charge in [0.1, 0.15) is 11.4 Å². The SMILES string of the molecule is CNS(=O)(=O)c1ccc(Nc2ncc(C(F)(F)F)c(-n3cc(CC(C)(C)NC(=O)CCl)cn3)n2)cc1. The van der Waals surface area contributed by atoms with Crippen LogP contribution in [0.25, 0.3) is 5.82 Å². The Balaban J connectivity index is 1.90. The first-order chi connectivity index (χ1) is 16.7. The van der Waals surface area contributed by atoms with Gasteiger partial charge in [0.05, 0.1) is 11.1 Å². The maximum absolute atomic E-state index is 13.7. The molecule has 0 spiro atoms. The van der Waals surface area contributed by atoms with Gasteiger partial charge in [-0.1, -0.05) is 0 Å². The summed E-state index contributed by atoms with van der Waals surface area (Å²) in [4.78, 5) is 19.4. The molecule has 10 nitrogen and oxygen atoms in total. The number of sulfonamides is 1. The number of carbonyl (C=O) groups is 1. The van der Waals surface area contributed by atoms with Gasteiger partial charge in [-0.15, -0.1) is 11.6 Å². The number of alkyl halides is 4. The molecule has 0 aliphatic rings. The summed E-state index contributed by atoms with van der Waals surface area (Å²) in [6.45, 7) is 3.49. The number of benzene rings is 1. The lowest BCUT2D eigenvalue weighted by Crippen LogP contribution is -2.45. The maximum Gasteiger partial charge on any atom is 0.421 e. The predicted molar refractivity (Wildman–Crippen MR) is 127 cm³/mol. The minimum absolute atomic E-state index is 0.0128. The van der Waals surface area contributed by atoms with Gasteiger partial charge < -0.3 is 10.6 Å². The van der Waals surface area contributed by atoms with Gasteiger partial charge in [0, 0.05) is 23.6 Å². The molecule has 0 aliphatic carbocycles. The summed E-state index contributed by atoms with van der Waals surface area (Å²) in [6, 6.07) is 5.50. The molecule has 3 N–H and O–H groups in total. The fourth-order valence-electron chi connectivity index (χ4n) is 3.30. The van der Waals surface area contributed by atoms with Gasteiger partial charge >= 0.3 is 6.18 Å². The minimum Gasteiger partial charge on any atom is -0.350 e. The van der Waals surface area contributed by atoms with Crippen molar-refractivity contribution in [2.75, 3.05) is 18.2 Å². The Hall–Kier alpha value is -3.23. The molecule has 3 aromatic rings. The Morgan fingerprint density at radius 3 is 2.39 bits per heavy atom.